The highest BCUT2D eigenvalue weighted by atomic mass is 16.5. The van der Waals surface area contributed by atoms with Gasteiger partial charge in [0.2, 0.25) is 17.7 Å². The first-order chi connectivity index (χ1) is 9.03. The minimum atomic E-state index is -0.594. The van der Waals surface area contributed by atoms with Gasteiger partial charge in [-0.25, -0.2) is 0 Å². The summed E-state index contributed by atoms with van der Waals surface area (Å²) in [4.78, 5) is 45.9. The second-order valence-electron chi connectivity index (χ2n) is 5.62. The summed E-state index contributed by atoms with van der Waals surface area (Å²) in [5.41, 5.74) is -0.153. The van der Waals surface area contributed by atoms with Crippen LogP contribution in [0.2, 0.25) is 0 Å². The number of imide groups is 1. The van der Waals surface area contributed by atoms with E-state index in [9.17, 15) is 19.2 Å². The summed E-state index contributed by atoms with van der Waals surface area (Å²) in [7, 11) is 0. The molecule has 1 N–H and O–H groups in total. The summed E-state index contributed by atoms with van der Waals surface area (Å²) >= 11 is 0. The Hall–Kier alpha value is -1.92. The Balaban J connectivity index is 4.13. The Morgan fingerprint density at radius 3 is 1.95 bits per heavy atom. The first-order valence-electron chi connectivity index (χ1n) is 6.24. The second-order valence-corrected chi connectivity index (χ2v) is 5.62. The molecule has 0 saturated carbocycles. The van der Waals surface area contributed by atoms with Gasteiger partial charge in [0.15, 0.2) is 0 Å². The lowest BCUT2D eigenvalue weighted by Crippen LogP contribution is -2.43. The molecule has 0 spiro atoms. The monoisotopic (exact) mass is 286 g/mol. The molecule has 0 atom stereocenters. The molecule has 114 valence electrons. The van der Waals surface area contributed by atoms with Gasteiger partial charge in [-0.2, -0.15) is 0 Å². The van der Waals surface area contributed by atoms with Crippen LogP contribution < -0.4 is 5.32 Å². The van der Waals surface area contributed by atoms with E-state index in [1.165, 1.54) is 13.8 Å². The van der Waals surface area contributed by atoms with Crippen LogP contribution >= 0.6 is 0 Å². The summed E-state index contributed by atoms with van der Waals surface area (Å²) in [5, 5.41) is 2.30. The van der Waals surface area contributed by atoms with E-state index in [4.69, 9.17) is 4.74 Å². The molecule has 0 radical (unpaired) electrons. The van der Waals surface area contributed by atoms with Crippen molar-refractivity contribution in [2.45, 2.75) is 34.6 Å². The molecule has 0 unspecified atom stereocenters. The van der Waals surface area contributed by atoms with Crippen LogP contribution in [0, 0.1) is 5.41 Å². The summed E-state index contributed by atoms with van der Waals surface area (Å²) in [6.07, 6.45) is 0. The molecular formula is C13H22N2O5. The summed E-state index contributed by atoms with van der Waals surface area (Å²) in [5.74, 6) is -2.21. The van der Waals surface area contributed by atoms with Crippen molar-refractivity contribution < 1.29 is 23.9 Å². The van der Waals surface area contributed by atoms with Crippen LogP contribution in [0.5, 0.6) is 0 Å². The van der Waals surface area contributed by atoms with Gasteiger partial charge in [-0.3, -0.25) is 24.1 Å². The lowest BCUT2D eigenvalue weighted by atomic mass is 9.99. The number of carbonyl (C=O) groups is 4. The van der Waals surface area contributed by atoms with Gasteiger partial charge in [-0.15, -0.1) is 0 Å². The van der Waals surface area contributed by atoms with Crippen LogP contribution in [0.1, 0.15) is 34.6 Å². The Bertz CT molecular complexity index is 384. The number of nitrogens with zero attached hydrogens (tertiary/aromatic N) is 1. The lowest BCUT2D eigenvalue weighted by Gasteiger charge is -2.18. The van der Waals surface area contributed by atoms with Crippen LogP contribution in [0.4, 0.5) is 0 Å². The predicted octanol–water partition coefficient (Wildman–Crippen LogP) is 0.0869. The fourth-order valence-electron chi connectivity index (χ4n) is 1.16. The molecule has 0 aliphatic rings. The van der Waals surface area contributed by atoms with Gasteiger partial charge in [-0.1, -0.05) is 20.8 Å². The molecule has 0 aliphatic carbocycles. The summed E-state index contributed by atoms with van der Waals surface area (Å²) in [6.45, 7) is 7.66. The van der Waals surface area contributed by atoms with Crippen molar-refractivity contribution in [3.63, 3.8) is 0 Å². The van der Waals surface area contributed by atoms with Gasteiger partial charge in [-0.05, 0) is 5.41 Å². The Labute approximate surface area is 118 Å². The van der Waals surface area contributed by atoms with E-state index in [0.29, 0.717) is 0 Å². The zero-order chi connectivity index (χ0) is 15.9. The minimum Gasteiger partial charge on any atom is -0.464 e. The number of ether oxygens (including phenoxy) is 1. The topological polar surface area (TPSA) is 92.8 Å². The summed E-state index contributed by atoms with van der Waals surface area (Å²) in [6, 6.07) is 0. The van der Waals surface area contributed by atoms with E-state index in [1.807, 2.05) is 20.8 Å². The molecule has 0 aromatic carbocycles. The molecule has 7 nitrogen and oxygen atoms in total. The van der Waals surface area contributed by atoms with Crippen molar-refractivity contribution in [3.8, 4) is 0 Å². The van der Waals surface area contributed by atoms with Crippen molar-refractivity contribution in [1.29, 1.82) is 0 Å². The number of nitrogens with one attached hydrogen (secondary N) is 1. The van der Waals surface area contributed by atoms with Crippen molar-refractivity contribution >= 4 is 23.7 Å². The van der Waals surface area contributed by atoms with Crippen LogP contribution in [0.3, 0.4) is 0 Å². The Morgan fingerprint density at radius 2 is 1.55 bits per heavy atom. The molecule has 0 rings (SSSR count). The molecular weight excluding hydrogens is 264 g/mol. The average molecular weight is 286 g/mol. The molecule has 3 amide bonds. The normalized spacial score (nSPS) is 10.7. The number of hydrogen-bond acceptors (Lipinski definition) is 5. The largest absolute Gasteiger partial charge is 0.464 e. The van der Waals surface area contributed by atoms with Crippen LogP contribution in [0.15, 0.2) is 0 Å². The molecule has 20 heavy (non-hydrogen) atoms. The van der Waals surface area contributed by atoms with Crippen LogP contribution in [0.25, 0.3) is 0 Å². The highest BCUT2D eigenvalue weighted by Crippen LogP contribution is 2.12. The second kappa shape index (κ2) is 7.62. The third-order valence-corrected chi connectivity index (χ3v) is 2.16. The number of hydrogen-bond donors (Lipinski definition) is 1. The van der Waals surface area contributed by atoms with E-state index in [1.54, 1.807) is 0 Å². The SMILES string of the molecule is CC(=O)N(CC(=O)NCC(=O)OCC(C)(C)C)C(C)=O. The van der Waals surface area contributed by atoms with Gasteiger partial charge >= 0.3 is 5.97 Å². The van der Waals surface area contributed by atoms with Crippen molar-refractivity contribution in [2.75, 3.05) is 19.7 Å². The molecule has 0 aromatic rings. The zero-order valence-electron chi connectivity index (χ0n) is 12.6. The highest BCUT2D eigenvalue weighted by molar-refractivity contribution is 5.97. The number of amides is 3. The van der Waals surface area contributed by atoms with Gasteiger partial charge in [0.25, 0.3) is 0 Å². The van der Waals surface area contributed by atoms with Gasteiger partial charge in [0, 0.05) is 13.8 Å². The maximum atomic E-state index is 11.5. The fraction of sp³-hybridized carbons (Fsp3) is 0.692. The van der Waals surface area contributed by atoms with Crippen molar-refractivity contribution in [2.24, 2.45) is 5.41 Å². The van der Waals surface area contributed by atoms with E-state index in [-0.39, 0.29) is 18.6 Å². The van der Waals surface area contributed by atoms with Crippen LogP contribution in [-0.4, -0.2) is 48.3 Å². The first kappa shape index (κ1) is 18.1. The minimum absolute atomic E-state index is 0.153. The quantitative estimate of drug-likeness (QED) is 0.723. The fourth-order valence-corrected chi connectivity index (χ4v) is 1.16. The molecule has 0 aliphatic heterocycles. The standard InChI is InChI=1S/C13H22N2O5/c1-9(16)15(10(2)17)7-11(18)14-6-12(19)20-8-13(3,4)5/h6-8H2,1-5H3,(H,14,18). The summed E-state index contributed by atoms with van der Waals surface area (Å²) < 4.78 is 4.96. The number of esters is 1. The van der Waals surface area contributed by atoms with Gasteiger partial charge in [0.1, 0.15) is 13.1 Å². The van der Waals surface area contributed by atoms with Crippen molar-refractivity contribution in [1.82, 2.24) is 10.2 Å². The molecule has 0 heterocycles. The zero-order valence-corrected chi connectivity index (χ0v) is 12.6. The van der Waals surface area contributed by atoms with E-state index in [0.717, 1.165) is 4.90 Å². The van der Waals surface area contributed by atoms with Crippen LogP contribution in [-0.2, 0) is 23.9 Å². The van der Waals surface area contributed by atoms with E-state index < -0.39 is 30.2 Å². The van der Waals surface area contributed by atoms with Gasteiger partial charge < -0.3 is 10.1 Å². The smallest absolute Gasteiger partial charge is 0.325 e. The average Bonchev–Trinajstić information content (AvgIpc) is 2.29. The molecule has 0 bridgehead atoms. The Morgan fingerprint density at radius 1 is 1.05 bits per heavy atom. The lowest BCUT2D eigenvalue weighted by molar-refractivity contribution is -0.147. The maximum Gasteiger partial charge on any atom is 0.325 e. The first-order valence-corrected chi connectivity index (χ1v) is 6.24. The third-order valence-electron chi connectivity index (χ3n) is 2.16. The number of rotatable bonds is 5. The Kier molecular flexibility index (Phi) is 6.89. The molecule has 0 saturated heterocycles. The van der Waals surface area contributed by atoms with E-state index >= 15 is 0 Å². The van der Waals surface area contributed by atoms with Crippen molar-refractivity contribution in [3.05, 3.63) is 0 Å². The predicted molar refractivity (Wildman–Crippen MR) is 71.5 cm³/mol. The van der Waals surface area contributed by atoms with E-state index in [2.05, 4.69) is 5.32 Å². The molecule has 0 aromatic heterocycles. The van der Waals surface area contributed by atoms with Gasteiger partial charge in [0.05, 0.1) is 6.61 Å². The highest BCUT2D eigenvalue weighted by Gasteiger charge is 2.18. The maximum absolute atomic E-state index is 11.5. The number of carbonyl (C=O) groups excluding carboxylic acids is 4. The third kappa shape index (κ3) is 8.23. The molecule has 7 heteroatoms. The molecule has 0 fully saturated rings.